The number of rotatable bonds is 6. The van der Waals surface area contributed by atoms with Gasteiger partial charge in [0, 0.05) is 19.5 Å². The van der Waals surface area contributed by atoms with E-state index >= 15 is 0 Å². The van der Waals surface area contributed by atoms with Gasteiger partial charge in [0.05, 0.1) is 6.04 Å². The van der Waals surface area contributed by atoms with Crippen molar-refractivity contribution in [3.05, 3.63) is 0 Å². The van der Waals surface area contributed by atoms with Crippen LogP contribution in [0.3, 0.4) is 0 Å². The number of nitrogens with two attached hydrogens (primary N) is 1. The summed E-state index contributed by atoms with van der Waals surface area (Å²) in [5.41, 5.74) is 5.82. The minimum Gasteiger partial charge on any atom is -0.481 e. The third kappa shape index (κ3) is 4.64. The summed E-state index contributed by atoms with van der Waals surface area (Å²) in [6.07, 6.45) is 4.40. The Kier molecular flexibility index (Phi) is 6.12. The van der Waals surface area contributed by atoms with E-state index in [1.165, 1.54) is 0 Å². The van der Waals surface area contributed by atoms with Crippen LogP contribution in [0.25, 0.3) is 0 Å². The highest BCUT2D eigenvalue weighted by atomic mass is 16.4. The van der Waals surface area contributed by atoms with E-state index in [0.29, 0.717) is 5.92 Å². The first-order valence-corrected chi connectivity index (χ1v) is 6.80. The highest BCUT2D eigenvalue weighted by molar-refractivity contribution is 5.81. The lowest BCUT2D eigenvalue weighted by atomic mass is 9.92. The molecule has 1 atom stereocenters. The topological polar surface area (TPSA) is 83.6 Å². The fraction of sp³-hybridized carbons (Fsp3) is 0.846. The molecule has 5 nitrogen and oxygen atoms in total. The van der Waals surface area contributed by atoms with E-state index in [0.717, 1.165) is 45.2 Å². The van der Waals surface area contributed by atoms with E-state index in [1.54, 1.807) is 0 Å². The van der Waals surface area contributed by atoms with Crippen molar-refractivity contribution in [2.45, 2.75) is 51.5 Å². The summed E-state index contributed by atoms with van der Waals surface area (Å²) in [5.74, 6) is -0.250. The van der Waals surface area contributed by atoms with Crippen molar-refractivity contribution in [3.63, 3.8) is 0 Å². The Morgan fingerprint density at radius 3 is 2.50 bits per heavy atom. The van der Waals surface area contributed by atoms with E-state index in [4.69, 9.17) is 10.8 Å². The zero-order valence-corrected chi connectivity index (χ0v) is 11.1. The summed E-state index contributed by atoms with van der Waals surface area (Å²) in [4.78, 5) is 24.3. The lowest BCUT2D eigenvalue weighted by molar-refractivity contribution is -0.138. The number of hydrogen-bond acceptors (Lipinski definition) is 3. The number of carbonyl (C=O) groups excluding carboxylic acids is 1. The molecule has 1 fully saturated rings. The van der Waals surface area contributed by atoms with Gasteiger partial charge in [0.15, 0.2) is 0 Å². The highest BCUT2D eigenvalue weighted by Gasteiger charge is 2.25. The number of aliphatic carboxylic acids is 1. The van der Waals surface area contributed by atoms with Crippen LogP contribution in [0, 0.1) is 5.92 Å². The molecule has 1 aliphatic heterocycles. The van der Waals surface area contributed by atoms with Crippen molar-refractivity contribution in [1.29, 1.82) is 0 Å². The average Bonchev–Trinajstić information content (AvgIpc) is 2.36. The number of carboxylic acid groups (broad SMARTS) is 1. The third-order valence-electron chi connectivity index (χ3n) is 3.61. The third-order valence-corrected chi connectivity index (χ3v) is 3.61. The van der Waals surface area contributed by atoms with Crippen LogP contribution >= 0.6 is 0 Å². The SMILES string of the molecule is CCCC(N)C(=O)N1CCC(CCC(=O)O)CC1. The average molecular weight is 256 g/mol. The maximum Gasteiger partial charge on any atom is 0.303 e. The second kappa shape index (κ2) is 7.36. The Balaban J connectivity index is 2.30. The van der Waals surface area contributed by atoms with Crippen molar-refractivity contribution in [2.24, 2.45) is 11.7 Å². The lowest BCUT2D eigenvalue weighted by Crippen LogP contribution is -2.47. The molecular weight excluding hydrogens is 232 g/mol. The largest absolute Gasteiger partial charge is 0.481 e. The van der Waals surface area contributed by atoms with Crippen LogP contribution < -0.4 is 5.73 Å². The minimum absolute atomic E-state index is 0.0496. The number of likely N-dealkylation sites (tertiary alicyclic amines) is 1. The Morgan fingerprint density at radius 1 is 1.39 bits per heavy atom. The molecule has 1 saturated heterocycles. The van der Waals surface area contributed by atoms with Gasteiger partial charge in [0.2, 0.25) is 5.91 Å². The van der Waals surface area contributed by atoms with Crippen LogP contribution in [0.5, 0.6) is 0 Å². The molecular formula is C13H24N2O3. The molecule has 1 heterocycles. The van der Waals surface area contributed by atoms with Crippen LogP contribution in [0.4, 0.5) is 0 Å². The molecule has 0 spiro atoms. The van der Waals surface area contributed by atoms with E-state index in [9.17, 15) is 9.59 Å². The maximum absolute atomic E-state index is 12.0. The molecule has 1 unspecified atom stereocenters. The number of carboxylic acids is 1. The fourth-order valence-corrected chi connectivity index (χ4v) is 2.44. The number of carbonyl (C=O) groups is 2. The van der Waals surface area contributed by atoms with E-state index < -0.39 is 5.97 Å². The molecule has 0 aromatic heterocycles. The Hall–Kier alpha value is -1.10. The highest BCUT2D eigenvalue weighted by Crippen LogP contribution is 2.22. The first-order valence-electron chi connectivity index (χ1n) is 6.80. The molecule has 1 amide bonds. The van der Waals surface area contributed by atoms with Gasteiger partial charge in [0.25, 0.3) is 0 Å². The predicted octanol–water partition coefficient (Wildman–Crippen LogP) is 1.22. The van der Waals surface area contributed by atoms with E-state index in [1.807, 2.05) is 11.8 Å². The summed E-state index contributed by atoms with van der Waals surface area (Å²) >= 11 is 0. The van der Waals surface area contributed by atoms with E-state index in [-0.39, 0.29) is 18.4 Å². The lowest BCUT2D eigenvalue weighted by Gasteiger charge is -2.33. The second-order valence-electron chi connectivity index (χ2n) is 5.10. The van der Waals surface area contributed by atoms with Crippen LogP contribution in [0.1, 0.15) is 45.4 Å². The summed E-state index contributed by atoms with van der Waals surface area (Å²) in [7, 11) is 0. The van der Waals surface area contributed by atoms with Gasteiger partial charge in [-0.15, -0.1) is 0 Å². The molecule has 0 aromatic rings. The minimum atomic E-state index is -0.738. The zero-order chi connectivity index (χ0) is 13.5. The van der Waals surface area contributed by atoms with Crippen LogP contribution in [0.2, 0.25) is 0 Å². The van der Waals surface area contributed by atoms with Crippen LogP contribution in [-0.4, -0.2) is 41.0 Å². The van der Waals surface area contributed by atoms with Crippen LogP contribution in [-0.2, 0) is 9.59 Å². The molecule has 5 heteroatoms. The summed E-state index contributed by atoms with van der Waals surface area (Å²) in [6, 6.07) is -0.370. The number of hydrogen-bond donors (Lipinski definition) is 2. The Morgan fingerprint density at radius 2 is 2.00 bits per heavy atom. The first kappa shape index (κ1) is 15.0. The summed E-state index contributed by atoms with van der Waals surface area (Å²) < 4.78 is 0. The van der Waals surface area contributed by atoms with Crippen molar-refractivity contribution in [1.82, 2.24) is 4.90 Å². The maximum atomic E-state index is 12.0. The quantitative estimate of drug-likeness (QED) is 0.748. The van der Waals surface area contributed by atoms with Gasteiger partial charge in [-0.2, -0.15) is 0 Å². The summed E-state index contributed by atoms with van der Waals surface area (Å²) in [5, 5.41) is 8.64. The standard InChI is InChI=1S/C13H24N2O3/c1-2-3-11(14)13(18)15-8-6-10(7-9-15)4-5-12(16)17/h10-11H,2-9,14H2,1H3,(H,16,17). The van der Waals surface area contributed by atoms with Gasteiger partial charge in [0.1, 0.15) is 0 Å². The normalized spacial score (nSPS) is 18.7. The molecule has 3 N–H and O–H groups in total. The number of amides is 1. The van der Waals surface area contributed by atoms with Crippen LogP contribution in [0.15, 0.2) is 0 Å². The predicted molar refractivity (Wildman–Crippen MR) is 69.1 cm³/mol. The fourth-order valence-electron chi connectivity index (χ4n) is 2.44. The molecule has 1 aliphatic rings. The van der Waals surface area contributed by atoms with Gasteiger partial charge in [-0.3, -0.25) is 9.59 Å². The Bertz CT molecular complexity index is 286. The van der Waals surface area contributed by atoms with Crippen molar-refractivity contribution in [2.75, 3.05) is 13.1 Å². The monoisotopic (exact) mass is 256 g/mol. The molecule has 0 bridgehead atoms. The molecule has 104 valence electrons. The molecule has 1 rings (SSSR count). The van der Waals surface area contributed by atoms with Crippen molar-refractivity contribution in [3.8, 4) is 0 Å². The molecule has 0 radical (unpaired) electrons. The smallest absolute Gasteiger partial charge is 0.303 e. The van der Waals surface area contributed by atoms with Crippen molar-refractivity contribution < 1.29 is 14.7 Å². The van der Waals surface area contributed by atoms with Gasteiger partial charge < -0.3 is 15.7 Å². The number of nitrogens with zero attached hydrogens (tertiary/aromatic N) is 1. The van der Waals surface area contributed by atoms with E-state index in [2.05, 4.69) is 0 Å². The van der Waals surface area contributed by atoms with Gasteiger partial charge >= 0.3 is 5.97 Å². The molecule has 18 heavy (non-hydrogen) atoms. The number of piperidine rings is 1. The zero-order valence-electron chi connectivity index (χ0n) is 11.1. The van der Waals surface area contributed by atoms with Gasteiger partial charge in [-0.25, -0.2) is 0 Å². The molecule has 0 aliphatic carbocycles. The van der Waals surface area contributed by atoms with Crippen molar-refractivity contribution >= 4 is 11.9 Å². The first-order chi connectivity index (χ1) is 8.54. The molecule has 0 saturated carbocycles. The second-order valence-corrected chi connectivity index (χ2v) is 5.10. The summed E-state index contributed by atoms with van der Waals surface area (Å²) in [6.45, 7) is 3.46. The van der Waals surface area contributed by atoms with Gasteiger partial charge in [-0.05, 0) is 31.6 Å². The molecule has 0 aromatic carbocycles. The Labute approximate surface area is 108 Å². The van der Waals surface area contributed by atoms with Gasteiger partial charge in [-0.1, -0.05) is 13.3 Å².